The first kappa shape index (κ1) is 13.0. The highest BCUT2D eigenvalue weighted by Crippen LogP contribution is 2.26. The van der Waals surface area contributed by atoms with Gasteiger partial charge in [0.1, 0.15) is 11.5 Å². The van der Waals surface area contributed by atoms with Gasteiger partial charge in [-0.25, -0.2) is 0 Å². The van der Waals surface area contributed by atoms with Crippen LogP contribution in [0.25, 0.3) is 0 Å². The van der Waals surface area contributed by atoms with Crippen LogP contribution in [0, 0.1) is 18.3 Å². The van der Waals surface area contributed by atoms with E-state index in [1.165, 1.54) is 0 Å². The fourth-order valence-corrected chi connectivity index (χ4v) is 1.79. The Bertz CT molecular complexity index is 627. The van der Waals surface area contributed by atoms with E-state index < -0.39 is 0 Å². The highest BCUT2D eigenvalue weighted by molar-refractivity contribution is 5.51. The molecule has 3 nitrogen and oxygen atoms in total. The lowest BCUT2D eigenvalue weighted by Crippen LogP contribution is -2.08. The van der Waals surface area contributed by atoms with Gasteiger partial charge in [0.25, 0.3) is 0 Å². The van der Waals surface area contributed by atoms with E-state index in [1.807, 2.05) is 62.3 Å². The Hall–Kier alpha value is -2.47. The fourth-order valence-electron chi connectivity index (χ4n) is 1.79. The minimum absolute atomic E-state index is 0.675. The Morgan fingerprint density at radius 2 is 1.79 bits per heavy atom. The maximum absolute atomic E-state index is 8.90. The van der Waals surface area contributed by atoms with Crippen LogP contribution in [-0.2, 0) is 0 Å². The molecule has 0 unspecified atom stereocenters. The van der Waals surface area contributed by atoms with Crippen LogP contribution in [0.15, 0.2) is 42.5 Å². The van der Waals surface area contributed by atoms with Gasteiger partial charge in [-0.3, -0.25) is 0 Å². The van der Waals surface area contributed by atoms with Gasteiger partial charge in [-0.2, -0.15) is 5.26 Å². The number of nitriles is 1. The van der Waals surface area contributed by atoms with E-state index in [1.54, 1.807) is 6.07 Å². The first-order valence-corrected chi connectivity index (χ1v) is 6.06. The molecule has 0 aliphatic carbocycles. The molecule has 0 saturated carbocycles. The Balaban J connectivity index is 2.24. The molecule has 0 bridgehead atoms. The Morgan fingerprint density at radius 3 is 2.42 bits per heavy atom. The molecule has 2 aromatic rings. The zero-order chi connectivity index (χ0) is 13.8. The van der Waals surface area contributed by atoms with E-state index >= 15 is 0 Å². The van der Waals surface area contributed by atoms with Crippen LogP contribution in [0.1, 0.15) is 11.1 Å². The number of anilines is 1. The second-order valence-corrected chi connectivity index (χ2v) is 4.58. The number of hydrogen-bond acceptors (Lipinski definition) is 3. The average molecular weight is 252 g/mol. The van der Waals surface area contributed by atoms with Crippen LogP contribution >= 0.6 is 0 Å². The third kappa shape index (κ3) is 3.05. The third-order valence-electron chi connectivity index (χ3n) is 2.89. The molecule has 2 aromatic carbocycles. The largest absolute Gasteiger partial charge is 0.457 e. The van der Waals surface area contributed by atoms with Gasteiger partial charge in [-0.1, -0.05) is 6.07 Å². The van der Waals surface area contributed by atoms with Crippen molar-refractivity contribution in [3.63, 3.8) is 0 Å². The highest BCUT2D eigenvalue weighted by Gasteiger charge is 2.03. The smallest absolute Gasteiger partial charge is 0.129 e. The fraction of sp³-hybridized carbons (Fsp3) is 0.188. The second-order valence-electron chi connectivity index (χ2n) is 4.58. The van der Waals surface area contributed by atoms with Crippen molar-refractivity contribution in [2.45, 2.75) is 6.92 Å². The highest BCUT2D eigenvalue weighted by atomic mass is 16.5. The van der Waals surface area contributed by atoms with Crippen LogP contribution in [0.5, 0.6) is 11.5 Å². The predicted octanol–water partition coefficient (Wildman–Crippen LogP) is 3.73. The zero-order valence-corrected chi connectivity index (χ0v) is 11.3. The molecule has 19 heavy (non-hydrogen) atoms. The van der Waals surface area contributed by atoms with Crippen molar-refractivity contribution in [2.75, 3.05) is 19.0 Å². The van der Waals surface area contributed by atoms with Gasteiger partial charge in [0.2, 0.25) is 0 Å². The molecule has 0 amide bonds. The first-order chi connectivity index (χ1) is 9.10. The SMILES string of the molecule is Cc1cc(Oc2cccc(N(C)C)c2)ccc1C#N. The second kappa shape index (κ2) is 5.45. The van der Waals surface area contributed by atoms with Crippen LogP contribution in [0.2, 0.25) is 0 Å². The van der Waals surface area contributed by atoms with Crippen LogP contribution in [-0.4, -0.2) is 14.1 Å². The van der Waals surface area contributed by atoms with Crippen molar-refractivity contribution < 1.29 is 4.74 Å². The first-order valence-electron chi connectivity index (χ1n) is 6.06. The molecule has 0 atom stereocenters. The molecule has 0 saturated heterocycles. The molecule has 0 spiro atoms. The summed E-state index contributed by atoms with van der Waals surface area (Å²) in [5.41, 5.74) is 2.68. The summed E-state index contributed by atoms with van der Waals surface area (Å²) in [6.07, 6.45) is 0. The molecule has 2 rings (SSSR count). The van der Waals surface area contributed by atoms with Crippen LogP contribution < -0.4 is 9.64 Å². The molecule has 0 heterocycles. The van der Waals surface area contributed by atoms with Gasteiger partial charge in [-0.15, -0.1) is 0 Å². The maximum atomic E-state index is 8.90. The summed E-state index contributed by atoms with van der Waals surface area (Å²) in [4.78, 5) is 2.02. The third-order valence-corrected chi connectivity index (χ3v) is 2.89. The quantitative estimate of drug-likeness (QED) is 0.835. The topological polar surface area (TPSA) is 36.3 Å². The lowest BCUT2D eigenvalue weighted by atomic mass is 10.1. The number of ether oxygens (including phenoxy) is 1. The minimum Gasteiger partial charge on any atom is -0.457 e. The number of nitrogens with zero attached hydrogens (tertiary/aromatic N) is 2. The molecule has 0 aromatic heterocycles. The van der Waals surface area contributed by atoms with Gasteiger partial charge < -0.3 is 9.64 Å². The summed E-state index contributed by atoms with van der Waals surface area (Å²) in [6.45, 7) is 1.90. The molecule has 0 fully saturated rings. The number of rotatable bonds is 3. The van der Waals surface area contributed by atoms with E-state index in [4.69, 9.17) is 10.00 Å². The molecule has 0 radical (unpaired) electrons. The monoisotopic (exact) mass is 252 g/mol. The van der Waals surface area contributed by atoms with Gasteiger partial charge in [-0.05, 0) is 42.8 Å². The van der Waals surface area contributed by atoms with Gasteiger partial charge >= 0.3 is 0 Å². The molecule has 0 aliphatic heterocycles. The minimum atomic E-state index is 0.675. The van der Waals surface area contributed by atoms with E-state index in [0.29, 0.717) is 5.56 Å². The summed E-state index contributed by atoms with van der Waals surface area (Å²) in [7, 11) is 3.98. The van der Waals surface area contributed by atoms with Gasteiger partial charge in [0.15, 0.2) is 0 Å². The van der Waals surface area contributed by atoms with Crippen molar-refractivity contribution >= 4 is 5.69 Å². The Kier molecular flexibility index (Phi) is 3.72. The molecule has 3 heteroatoms. The van der Waals surface area contributed by atoms with E-state index in [-0.39, 0.29) is 0 Å². The lowest BCUT2D eigenvalue weighted by molar-refractivity contribution is 0.482. The van der Waals surface area contributed by atoms with Crippen molar-refractivity contribution in [1.82, 2.24) is 0 Å². The van der Waals surface area contributed by atoms with E-state index in [9.17, 15) is 0 Å². The van der Waals surface area contributed by atoms with Crippen LogP contribution in [0.4, 0.5) is 5.69 Å². The molecule has 96 valence electrons. The molecular weight excluding hydrogens is 236 g/mol. The number of hydrogen-bond donors (Lipinski definition) is 0. The van der Waals surface area contributed by atoms with E-state index in [2.05, 4.69) is 6.07 Å². The van der Waals surface area contributed by atoms with Crippen molar-refractivity contribution in [1.29, 1.82) is 5.26 Å². The molecule has 0 N–H and O–H groups in total. The summed E-state index contributed by atoms with van der Waals surface area (Å²) >= 11 is 0. The van der Waals surface area contributed by atoms with Crippen molar-refractivity contribution in [3.05, 3.63) is 53.6 Å². The Morgan fingerprint density at radius 1 is 1.05 bits per heavy atom. The molecular formula is C16H16N2O. The van der Waals surface area contributed by atoms with E-state index in [0.717, 1.165) is 22.7 Å². The molecule has 0 aliphatic rings. The Labute approximate surface area is 113 Å². The van der Waals surface area contributed by atoms with Crippen molar-refractivity contribution in [3.8, 4) is 17.6 Å². The van der Waals surface area contributed by atoms with Gasteiger partial charge in [0.05, 0.1) is 11.6 Å². The predicted molar refractivity (Wildman–Crippen MR) is 76.7 cm³/mol. The zero-order valence-electron chi connectivity index (χ0n) is 11.3. The summed E-state index contributed by atoms with van der Waals surface area (Å²) < 4.78 is 5.81. The summed E-state index contributed by atoms with van der Waals surface area (Å²) in [5.74, 6) is 1.53. The normalized spacial score (nSPS) is 9.79. The average Bonchev–Trinajstić information content (AvgIpc) is 2.39. The van der Waals surface area contributed by atoms with Crippen molar-refractivity contribution in [2.24, 2.45) is 0 Å². The number of aryl methyl sites for hydroxylation is 1. The maximum Gasteiger partial charge on any atom is 0.129 e. The standard InChI is InChI=1S/C16H16N2O/c1-12-9-16(8-7-13(12)11-17)19-15-6-4-5-14(10-15)18(2)3/h4-10H,1-3H3. The van der Waals surface area contributed by atoms with Gasteiger partial charge in [0, 0.05) is 25.8 Å². The van der Waals surface area contributed by atoms with Crippen LogP contribution in [0.3, 0.4) is 0 Å². The lowest BCUT2D eigenvalue weighted by Gasteiger charge is -2.14. The number of benzene rings is 2. The summed E-state index contributed by atoms with van der Waals surface area (Å²) in [5, 5.41) is 8.90. The summed E-state index contributed by atoms with van der Waals surface area (Å²) in [6, 6.07) is 15.5.